The summed E-state index contributed by atoms with van der Waals surface area (Å²) in [5.74, 6) is -1.96. The van der Waals surface area contributed by atoms with Gasteiger partial charge in [-0.25, -0.2) is 9.59 Å². The number of carboxylic acids is 2. The van der Waals surface area contributed by atoms with E-state index in [1.54, 1.807) is 20.1 Å². The van der Waals surface area contributed by atoms with Gasteiger partial charge in [-0.3, -0.25) is 34.8 Å². The lowest BCUT2D eigenvalue weighted by molar-refractivity contribution is -0.145. The van der Waals surface area contributed by atoms with Crippen molar-refractivity contribution in [1.82, 2.24) is 25.4 Å². The van der Waals surface area contributed by atoms with Crippen LogP contribution in [0, 0.1) is 23.2 Å². The summed E-state index contributed by atoms with van der Waals surface area (Å²) < 4.78 is 17.7. The fraction of sp³-hybridized carbons (Fsp3) is 0.372. The van der Waals surface area contributed by atoms with Crippen molar-refractivity contribution < 1.29 is 53.4 Å². The fourth-order valence-electron chi connectivity index (χ4n) is 11.6. The first-order valence-electron chi connectivity index (χ1n) is 32.9. The number of fused-ring (bicyclic) bond motifs is 2. The topological polar surface area (TPSA) is 268 Å². The van der Waals surface area contributed by atoms with E-state index in [1.807, 2.05) is 135 Å². The predicted octanol–water partition coefficient (Wildman–Crippen LogP) is 13.7. The molecule has 98 heavy (non-hydrogen) atoms. The first-order valence-corrected chi connectivity index (χ1v) is 35.1. The summed E-state index contributed by atoms with van der Waals surface area (Å²) in [5, 5.41) is 32.3. The Bertz CT molecular complexity index is 3550. The van der Waals surface area contributed by atoms with E-state index in [0.29, 0.717) is 24.3 Å². The van der Waals surface area contributed by atoms with Crippen LogP contribution in [0.25, 0.3) is 0 Å². The van der Waals surface area contributed by atoms with Gasteiger partial charge in [-0.15, -0.1) is 6.58 Å². The Balaban J connectivity index is 0.000000215. The number of nitrogens with zero attached hydrogens (tertiary/aromatic N) is 4. The summed E-state index contributed by atoms with van der Waals surface area (Å²) in [6.07, 6.45) is 10.3. The molecule has 2 aliphatic heterocycles. The largest absolute Gasteiger partial charge is 0.615 e. The number of ether oxygens (including phenoxy) is 1. The number of hydrogen-bond donors (Lipinski definition) is 6. The summed E-state index contributed by atoms with van der Waals surface area (Å²) in [5.41, 5.74) is 11.1. The van der Waals surface area contributed by atoms with Crippen LogP contribution in [0.1, 0.15) is 129 Å². The van der Waals surface area contributed by atoms with Crippen LogP contribution in [0.15, 0.2) is 205 Å². The van der Waals surface area contributed by atoms with E-state index < -0.39 is 63.8 Å². The Kier molecular flexibility index (Phi) is 32.4. The van der Waals surface area contributed by atoms with Crippen LogP contribution < -0.4 is 26.0 Å². The quantitative estimate of drug-likeness (QED) is 0.0222. The normalized spacial score (nSPS) is 16.7. The molecule has 1 saturated carbocycles. The number of aromatic nitrogens is 1. The lowest BCUT2D eigenvalue weighted by Gasteiger charge is -2.41. The number of barbiturate groups is 1. The minimum absolute atomic E-state index is 0.131. The van der Waals surface area contributed by atoms with Crippen LogP contribution in [-0.4, -0.2) is 131 Å². The Labute approximate surface area is 586 Å². The van der Waals surface area contributed by atoms with Gasteiger partial charge in [0.1, 0.15) is 11.2 Å². The number of primary amides is 1. The highest BCUT2D eigenvalue weighted by Gasteiger charge is 2.49. The Morgan fingerprint density at radius 3 is 1.78 bits per heavy atom. The number of benzene rings is 6. The van der Waals surface area contributed by atoms with Gasteiger partial charge in [0.2, 0.25) is 11.8 Å². The van der Waals surface area contributed by atoms with E-state index in [-0.39, 0.29) is 28.9 Å². The number of carbonyl (C=O) groups excluding carboxylic acids is 4. The van der Waals surface area contributed by atoms with E-state index in [1.165, 1.54) is 57.7 Å². The van der Waals surface area contributed by atoms with Crippen LogP contribution >= 0.6 is 11.8 Å². The number of methoxy groups -OCH3 is 1. The van der Waals surface area contributed by atoms with E-state index in [0.717, 1.165) is 66.8 Å². The standard InChI is InChI=1S/C17H20N2S.C16H25NO2.C15H15NO2S.C13H18O2.C11H16N2O3.C6H5NO2/c1-13(18(2)3)12-19-14-8-4-6-10-16(14)20-17-11-7-5-9-15(17)19;1-17(2)12-14-7-4-5-10-16(14,18)13-8-6-9-15(11-13)19-3;16-14(17)11-19(18)15(12-7-3-1-4-8-12)13-9-5-2-6-10-13;1-9(2)8-11-4-6-12(7-5-11)10(3)13(14)15;1-4-5-11(6-7(2)3)8(14)12-10(16)13-9(11)15;8-6(9)5-2-1-3-7-4-5/h4-11,13H,12H2,1-3H3;6,8-9,11,14,18H,4-5,7,10,12H2,1-3H3;1-10,15H,11H2,(H2,16,17);4-7,9-10H,8H2,1-3H3,(H,14,15);4,7H,1,5-6H2,2-3H3,(H2,12,13,14,15,16);1-4H,(H,8,9)/t;14-,16+;;;;/m.1..../s1. The zero-order chi connectivity index (χ0) is 72.1. The number of pyridine rings is 1. The molecule has 3 heterocycles. The molecule has 7 N–H and O–H groups in total. The Hall–Kier alpha value is -8.63. The van der Waals surface area contributed by atoms with E-state index in [9.17, 15) is 38.4 Å². The van der Waals surface area contributed by atoms with Gasteiger partial charge in [0.15, 0.2) is 11.0 Å². The second-order valence-corrected chi connectivity index (χ2v) is 28.5. The van der Waals surface area contributed by atoms with E-state index >= 15 is 0 Å². The van der Waals surface area contributed by atoms with Crippen molar-refractivity contribution in [2.75, 3.05) is 59.0 Å². The summed E-state index contributed by atoms with van der Waals surface area (Å²) >= 11 is 0.502. The molecule has 0 spiro atoms. The molecule has 0 bridgehead atoms. The van der Waals surface area contributed by atoms with Gasteiger partial charge in [-0.2, -0.15) is 0 Å². The van der Waals surface area contributed by atoms with Crippen molar-refractivity contribution in [3.63, 3.8) is 0 Å². The second-order valence-electron chi connectivity index (χ2n) is 25.9. The lowest BCUT2D eigenvalue weighted by Crippen LogP contribution is -2.62. The zero-order valence-corrected chi connectivity index (χ0v) is 60.1. The van der Waals surface area contributed by atoms with Crippen molar-refractivity contribution in [2.45, 2.75) is 119 Å². The number of aliphatic carboxylic acids is 1. The van der Waals surface area contributed by atoms with Crippen molar-refractivity contribution in [2.24, 2.45) is 28.9 Å². The number of carbonyl (C=O) groups is 6. The lowest BCUT2D eigenvalue weighted by atomic mass is 9.71. The number of carboxylic acid groups (broad SMARTS) is 2. The molecule has 0 radical (unpaired) electrons. The monoisotopic (exact) mass is 1370 g/mol. The van der Waals surface area contributed by atoms with Crippen molar-refractivity contribution >= 4 is 70.0 Å². The summed E-state index contributed by atoms with van der Waals surface area (Å²) in [6.45, 7) is 17.6. The van der Waals surface area contributed by atoms with Crippen LogP contribution in [0.3, 0.4) is 0 Å². The third kappa shape index (κ3) is 24.1. The molecule has 1 saturated heterocycles. The maximum Gasteiger partial charge on any atom is 0.337 e. The molecule has 1 aromatic heterocycles. The summed E-state index contributed by atoms with van der Waals surface area (Å²) in [4.78, 5) is 79.7. The van der Waals surface area contributed by atoms with Crippen LogP contribution in [0.2, 0.25) is 0 Å². The average molecular weight is 1370 g/mol. The van der Waals surface area contributed by atoms with Gasteiger partial charge in [0, 0.05) is 58.4 Å². The smallest absolute Gasteiger partial charge is 0.337 e. The number of para-hydroxylation sites is 2. The molecule has 20 heteroatoms. The Morgan fingerprint density at radius 1 is 0.755 bits per heavy atom. The molecule has 2 fully saturated rings. The minimum atomic E-state index is -1.36. The third-order valence-corrected chi connectivity index (χ3v) is 19.5. The van der Waals surface area contributed by atoms with Crippen LogP contribution in [0.4, 0.5) is 16.2 Å². The number of amides is 5. The molecule has 18 nitrogen and oxygen atoms in total. The number of rotatable bonds is 21. The van der Waals surface area contributed by atoms with Gasteiger partial charge >= 0.3 is 18.0 Å². The molecular weight excluding hydrogens is 1280 g/mol. The molecule has 524 valence electrons. The van der Waals surface area contributed by atoms with E-state index in [2.05, 4.69) is 134 Å². The SMILES string of the molecule is C=CCC1(CC(C)C)C(=O)NC(=O)NC1=O.CC(C)Cc1ccc(C(C)C(=O)O)cc1.CC(CN1c2ccccc2Sc2ccccc21)N(C)C.COc1cccc([C@@]2(O)CCCC[C@@H]2CN(C)C)c1.NC(=O)C[S+]([O-])C(c1ccccc1)c1ccccc1.O=C(O)c1cccnc1. The third-order valence-electron chi connectivity index (χ3n) is 16.8. The molecule has 3 unspecified atom stereocenters. The number of anilines is 2. The molecule has 1 aliphatic carbocycles. The number of likely N-dealkylation sites (N-methyl/N-ethyl adjacent to an activating group) is 1. The molecule has 3 aliphatic rings. The van der Waals surface area contributed by atoms with Crippen LogP contribution in [-0.2, 0) is 42.4 Å². The number of aromatic carboxylic acids is 1. The van der Waals surface area contributed by atoms with Gasteiger partial charge in [-0.05, 0) is 162 Å². The number of nitrogens with two attached hydrogens (primary N) is 1. The highest BCUT2D eigenvalue weighted by molar-refractivity contribution is 7.99. The minimum Gasteiger partial charge on any atom is -0.615 e. The van der Waals surface area contributed by atoms with Gasteiger partial charge in [-0.1, -0.05) is 180 Å². The summed E-state index contributed by atoms with van der Waals surface area (Å²) in [6, 6.07) is 55.0. The van der Waals surface area contributed by atoms with Crippen molar-refractivity contribution in [3.8, 4) is 5.75 Å². The molecule has 5 amide bonds. The molecule has 6 aromatic carbocycles. The fourth-order valence-corrected chi connectivity index (χ4v) is 14.1. The Morgan fingerprint density at radius 2 is 1.32 bits per heavy atom. The highest BCUT2D eigenvalue weighted by Crippen LogP contribution is 2.48. The number of aliphatic hydroxyl groups is 1. The number of hydrogen-bond acceptors (Lipinski definition) is 14. The molecule has 7 aromatic rings. The highest BCUT2D eigenvalue weighted by atomic mass is 32.2. The van der Waals surface area contributed by atoms with Crippen molar-refractivity contribution in [1.29, 1.82) is 0 Å². The second kappa shape index (κ2) is 39.7. The van der Waals surface area contributed by atoms with Crippen LogP contribution in [0.5, 0.6) is 5.75 Å². The van der Waals surface area contributed by atoms with Gasteiger partial charge in [0.25, 0.3) is 5.91 Å². The number of urea groups is 1. The maximum absolute atomic E-state index is 12.4. The average Bonchev–Trinajstić information content (AvgIpc) is 0.781. The maximum atomic E-state index is 12.4. The molecule has 5 atom stereocenters. The van der Waals surface area contributed by atoms with Gasteiger partial charge < -0.3 is 45.0 Å². The zero-order valence-electron chi connectivity index (χ0n) is 58.4. The molecular formula is C78H99N7O11S2. The van der Waals surface area contributed by atoms with Crippen molar-refractivity contribution in [3.05, 3.63) is 228 Å². The van der Waals surface area contributed by atoms with E-state index in [4.69, 9.17) is 20.7 Å². The van der Waals surface area contributed by atoms with Gasteiger partial charge in [0.05, 0.1) is 35.6 Å². The number of nitrogens with one attached hydrogen (secondary N) is 2. The summed E-state index contributed by atoms with van der Waals surface area (Å²) in [7, 11) is 10.1. The molecule has 10 rings (SSSR count). The number of allylic oxidation sites excluding steroid dienone is 1. The first-order chi connectivity index (χ1) is 46.6. The first kappa shape index (κ1) is 80.1. The predicted molar refractivity (Wildman–Crippen MR) is 392 cm³/mol. The number of imide groups is 2.